The molecule has 0 radical (unpaired) electrons. The summed E-state index contributed by atoms with van der Waals surface area (Å²) in [4.78, 5) is 24.8. The summed E-state index contributed by atoms with van der Waals surface area (Å²) in [6.45, 7) is -0.0765. The number of carbonyl (C=O) groups excluding carboxylic acids is 1. The van der Waals surface area contributed by atoms with Crippen LogP contribution in [0.2, 0.25) is 0 Å². The molecule has 4 nitrogen and oxygen atoms in total. The molecule has 1 aliphatic heterocycles. The number of carboxylic acids is 1. The van der Waals surface area contributed by atoms with E-state index < -0.39 is 35.8 Å². The molecule has 1 fully saturated rings. The van der Waals surface area contributed by atoms with Crippen molar-refractivity contribution < 1.29 is 27.9 Å². The summed E-state index contributed by atoms with van der Waals surface area (Å²) in [5.41, 5.74) is 0. The molecule has 1 saturated heterocycles. The minimum absolute atomic E-state index is 0.0280. The fourth-order valence-corrected chi connectivity index (χ4v) is 3.04. The van der Waals surface area contributed by atoms with Crippen LogP contribution in [0.4, 0.5) is 13.2 Å². The van der Waals surface area contributed by atoms with E-state index in [2.05, 4.69) is 0 Å². The normalized spacial score (nSPS) is 30.2. The van der Waals surface area contributed by atoms with Crippen molar-refractivity contribution in [2.45, 2.75) is 31.9 Å². The zero-order valence-electron chi connectivity index (χ0n) is 11.5. The van der Waals surface area contributed by atoms with Gasteiger partial charge in [-0.25, -0.2) is 0 Å². The summed E-state index contributed by atoms with van der Waals surface area (Å²) in [7, 11) is 0. The number of halogens is 3. The monoisotopic (exact) mass is 305 g/mol. The molecule has 0 spiro atoms. The molecular formula is C14H18F3NO3. The Morgan fingerprint density at radius 2 is 1.76 bits per heavy atom. The topological polar surface area (TPSA) is 57.6 Å². The third-order valence-corrected chi connectivity index (χ3v) is 4.26. The molecule has 1 amide bonds. The first-order valence-electron chi connectivity index (χ1n) is 7.04. The predicted octanol–water partition coefficient (Wildman–Crippen LogP) is 2.45. The molecule has 2 rings (SSSR count). The van der Waals surface area contributed by atoms with Crippen molar-refractivity contribution in [2.75, 3.05) is 13.1 Å². The highest BCUT2D eigenvalue weighted by atomic mass is 19.4. The van der Waals surface area contributed by atoms with E-state index in [9.17, 15) is 22.8 Å². The van der Waals surface area contributed by atoms with Gasteiger partial charge in [-0.1, -0.05) is 12.2 Å². The summed E-state index contributed by atoms with van der Waals surface area (Å²) in [5, 5.41) is 9.15. The summed E-state index contributed by atoms with van der Waals surface area (Å²) in [5.74, 6) is -4.62. The van der Waals surface area contributed by atoms with Gasteiger partial charge in [0.15, 0.2) is 0 Å². The van der Waals surface area contributed by atoms with Gasteiger partial charge in [-0.2, -0.15) is 13.2 Å². The molecule has 3 atom stereocenters. The second-order valence-corrected chi connectivity index (χ2v) is 5.66. The predicted molar refractivity (Wildman–Crippen MR) is 68.3 cm³/mol. The summed E-state index contributed by atoms with van der Waals surface area (Å²) >= 11 is 0. The minimum Gasteiger partial charge on any atom is -0.481 e. The number of rotatable bonds is 2. The van der Waals surface area contributed by atoms with Crippen LogP contribution in [0.3, 0.4) is 0 Å². The SMILES string of the molecule is O=C(O)C1CC=CCC1C(=O)N1CCCC(C(F)(F)F)C1. The Hall–Kier alpha value is -1.53. The molecule has 3 unspecified atom stereocenters. The second kappa shape index (κ2) is 6.07. The van der Waals surface area contributed by atoms with Gasteiger partial charge in [-0.05, 0) is 25.7 Å². The Balaban J connectivity index is 2.08. The lowest BCUT2D eigenvalue weighted by Gasteiger charge is -2.37. The van der Waals surface area contributed by atoms with Crippen LogP contribution in [0.5, 0.6) is 0 Å². The number of alkyl halides is 3. The third-order valence-electron chi connectivity index (χ3n) is 4.26. The van der Waals surface area contributed by atoms with Crippen molar-refractivity contribution in [3.05, 3.63) is 12.2 Å². The number of nitrogens with zero attached hydrogens (tertiary/aromatic N) is 1. The van der Waals surface area contributed by atoms with E-state index in [-0.39, 0.29) is 32.4 Å². The quantitative estimate of drug-likeness (QED) is 0.797. The molecular weight excluding hydrogens is 287 g/mol. The number of carbonyl (C=O) groups is 2. The maximum Gasteiger partial charge on any atom is 0.393 e. The number of carboxylic acid groups (broad SMARTS) is 1. The van der Waals surface area contributed by atoms with Crippen molar-refractivity contribution >= 4 is 11.9 Å². The van der Waals surface area contributed by atoms with Crippen LogP contribution in [0.25, 0.3) is 0 Å². The molecule has 7 heteroatoms. The van der Waals surface area contributed by atoms with E-state index in [0.717, 1.165) is 0 Å². The van der Waals surface area contributed by atoms with Gasteiger partial charge < -0.3 is 10.0 Å². The summed E-state index contributed by atoms with van der Waals surface area (Å²) in [6, 6.07) is 0. The van der Waals surface area contributed by atoms with E-state index in [1.807, 2.05) is 0 Å². The van der Waals surface area contributed by atoms with Crippen molar-refractivity contribution in [3.8, 4) is 0 Å². The fraction of sp³-hybridized carbons (Fsp3) is 0.714. The van der Waals surface area contributed by atoms with Crippen LogP contribution in [0, 0.1) is 17.8 Å². The van der Waals surface area contributed by atoms with E-state index in [0.29, 0.717) is 6.42 Å². The number of piperidine rings is 1. The number of amides is 1. The lowest BCUT2D eigenvalue weighted by atomic mass is 9.81. The standard InChI is InChI=1S/C14H18F3NO3/c15-14(16,17)9-4-3-7-18(8-9)12(19)10-5-1-2-6-11(10)13(20)21/h1-2,9-11H,3-8H2,(H,20,21). The highest BCUT2D eigenvalue weighted by Crippen LogP contribution is 2.35. The van der Waals surface area contributed by atoms with Crippen LogP contribution in [-0.4, -0.2) is 41.1 Å². The number of hydrogen-bond acceptors (Lipinski definition) is 2. The molecule has 0 aromatic rings. The van der Waals surface area contributed by atoms with Gasteiger partial charge in [0.05, 0.1) is 17.8 Å². The van der Waals surface area contributed by atoms with E-state index in [4.69, 9.17) is 5.11 Å². The number of allylic oxidation sites excluding steroid dienone is 2. The fourth-order valence-electron chi connectivity index (χ4n) is 3.04. The maximum atomic E-state index is 12.8. The number of aliphatic carboxylic acids is 1. The van der Waals surface area contributed by atoms with E-state index in [1.165, 1.54) is 4.90 Å². The molecule has 0 saturated carbocycles. The van der Waals surface area contributed by atoms with E-state index in [1.54, 1.807) is 12.2 Å². The van der Waals surface area contributed by atoms with Crippen molar-refractivity contribution in [2.24, 2.45) is 17.8 Å². The second-order valence-electron chi connectivity index (χ2n) is 5.66. The molecule has 0 aromatic heterocycles. The van der Waals surface area contributed by atoms with Crippen LogP contribution in [0.1, 0.15) is 25.7 Å². The maximum absolute atomic E-state index is 12.8. The Labute approximate surface area is 120 Å². The highest BCUT2D eigenvalue weighted by Gasteiger charge is 2.44. The number of likely N-dealkylation sites (tertiary alicyclic amines) is 1. The molecule has 21 heavy (non-hydrogen) atoms. The summed E-state index contributed by atoms with van der Waals surface area (Å²) in [6.07, 6.45) is -0.0101. The molecule has 0 aromatic carbocycles. The Morgan fingerprint density at radius 3 is 2.33 bits per heavy atom. The van der Waals surface area contributed by atoms with Crippen LogP contribution in [0.15, 0.2) is 12.2 Å². The van der Waals surface area contributed by atoms with Crippen LogP contribution in [-0.2, 0) is 9.59 Å². The first-order chi connectivity index (χ1) is 9.80. The summed E-state index contributed by atoms with van der Waals surface area (Å²) < 4.78 is 38.3. The Bertz CT molecular complexity index is 447. The lowest BCUT2D eigenvalue weighted by molar-refractivity contribution is -0.189. The van der Waals surface area contributed by atoms with Crippen LogP contribution < -0.4 is 0 Å². The minimum atomic E-state index is -4.31. The average molecular weight is 305 g/mol. The van der Waals surface area contributed by atoms with Crippen molar-refractivity contribution in [3.63, 3.8) is 0 Å². The first-order valence-corrected chi connectivity index (χ1v) is 7.04. The number of hydrogen-bond donors (Lipinski definition) is 1. The highest BCUT2D eigenvalue weighted by molar-refractivity contribution is 5.85. The van der Waals surface area contributed by atoms with Gasteiger partial charge in [0, 0.05) is 13.1 Å². The largest absolute Gasteiger partial charge is 0.481 e. The van der Waals surface area contributed by atoms with Crippen LogP contribution >= 0.6 is 0 Å². The van der Waals surface area contributed by atoms with Gasteiger partial charge >= 0.3 is 12.1 Å². The Morgan fingerprint density at radius 1 is 1.14 bits per heavy atom. The van der Waals surface area contributed by atoms with Crippen molar-refractivity contribution in [1.29, 1.82) is 0 Å². The zero-order chi connectivity index (χ0) is 15.6. The Kier molecular flexibility index (Phi) is 4.58. The zero-order valence-corrected chi connectivity index (χ0v) is 11.5. The van der Waals surface area contributed by atoms with Crippen molar-refractivity contribution in [1.82, 2.24) is 4.90 Å². The lowest BCUT2D eigenvalue weighted by Crippen LogP contribution is -2.48. The van der Waals surface area contributed by atoms with Gasteiger partial charge in [-0.15, -0.1) is 0 Å². The molecule has 1 N–H and O–H groups in total. The third kappa shape index (κ3) is 3.57. The van der Waals surface area contributed by atoms with Gasteiger partial charge in [0.2, 0.25) is 5.91 Å². The average Bonchev–Trinajstić information content (AvgIpc) is 2.45. The first kappa shape index (κ1) is 15.9. The molecule has 1 aliphatic carbocycles. The van der Waals surface area contributed by atoms with Gasteiger partial charge in [-0.3, -0.25) is 9.59 Å². The van der Waals surface area contributed by atoms with E-state index >= 15 is 0 Å². The molecule has 118 valence electrons. The molecule has 2 aliphatic rings. The van der Waals surface area contributed by atoms with Gasteiger partial charge in [0.25, 0.3) is 0 Å². The smallest absolute Gasteiger partial charge is 0.393 e. The molecule has 1 heterocycles. The molecule has 0 bridgehead atoms. The van der Waals surface area contributed by atoms with Gasteiger partial charge in [0.1, 0.15) is 0 Å².